The van der Waals surface area contributed by atoms with Crippen molar-refractivity contribution in [3.05, 3.63) is 29.8 Å². The Balaban J connectivity index is 2.37. The van der Waals surface area contributed by atoms with Crippen LogP contribution in [0, 0.1) is 0 Å². The van der Waals surface area contributed by atoms with Crippen LogP contribution in [0.3, 0.4) is 0 Å². The summed E-state index contributed by atoms with van der Waals surface area (Å²) in [6.07, 6.45) is 1.02. The Kier molecular flexibility index (Phi) is 2.23. The molecule has 1 aromatic rings. The lowest BCUT2D eigenvalue weighted by Crippen LogP contribution is -2.26. The number of aliphatic hydroxyl groups excluding tert-OH is 1. The van der Waals surface area contributed by atoms with Crippen LogP contribution < -0.4 is 5.32 Å². The summed E-state index contributed by atoms with van der Waals surface area (Å²) in [6, 6.07) is 8.69. The molecule has 1 aromatic carbocycles. The van der Waals surface area contributed by atoms with E-state index in [4.69, 9.17) is 0 Å². The Hall–Kier alpha value is -1.02. The van der Waals surface area contributed by atoms with Crippen molar-refractivity contribution in [3.63, 3.8) is 0 Å². The fourth-order valence-electron chi connectivity index (χ4n) is 2.04. The number of fused-ring (bicyclic) bond motifs is 1. The number of benzene rings is 1. The van der Waals surface area contributed by atoms with E-state index in [2.05, 4.69) is 24.4 Å². The van der Waals surface area contributed by atoms with E-state index in [1.807, 2.05) is 12.1 Å². The number of aliphatic hydroxyl groups is 1. The highest BCUT2D eigenvalue weighted by atomic mass is 16.3. The molecule has 2 atom stereocenters. The summed E-state index contributed by atoms with van der Waals surface area (Å²) in [4.78, 5) is 0. The van der Waals surface area contributed by atoms with Crippen LogP contribution in [0.1, 0.15) is 24.8 Å². The quantitative estimate of drug-likeness (QED) is 0.687. The minimum absolute atomic E-state index is 0.253. The molecule has 1 aliphatic heterocycles. The maximum atomic E-state index is 9.23. The molecule has 0 spiro atoms. The fourth-order valence-corrected chi connectivity index (χ4v) is 2.04. The van der Waals surface area contributed by atoms with E-state index < -0.39 is 0 Å². The standard InChI is InChI=1S/C11H15NO/c1-8-6-9(7-13)10-4-2-3-5-11(10)12-8/h2-5,8-9,12-13H,6-7H2,1H3/t8-,9-/m0/s1. The first kappa shape index (κ1) is 8.57. The zero-order chi connectivity index (χ0) is 9.26. The first-order valence-electron chi connectivity index (χ1n) is 4.77. The van der Waals surface area contributed by atoms with Crippen LogP contribution in [0.15, 0.2) is 24.3 Å². The number of para-hydroxylation sites is 1. The molecule has 0 aromatic heterocycles. The molecule has 2 heteroatoms. The first-order valence-corrected chi connectivity index (χ1v) is 4.77. The van der Waals surface area contributed by atoms with Gasteiger partial charge in [0.15, 0.2) is 0 Å². The lowest BCUT2D eigenvalue weighted by molar-refractivity contribution is 0.253. The van der Waals surface area contributed by atoms with Gasteiger partial charge in [0.2, 0.25) is 0 Å². The van der Waals surface area contributed by atoms with Crippen molar-refractivity contribution in [3.8, 4) is 0 Å². The summed E-state index contributed by atoms with van der Waals surface area (Å²) in [7, 11) is 0. The number of anilines is 1. The highest BCUT2D eigenvalue weighted by molar-refractivity contribution is 5.55. The molecular weight excluding hydrogens is 162 g/mol. The predicted molar refractivity (Wildman–Crippen MR) is 54.0 cm³/mol. The van der Waals surface area contributed by atoms with E-state index in [9.17, 15) is 5.11 Å². The van der Waals surface area contributed by atoms with E-state index in [0.717, 1.165) is 6.42 Å². The minimum atomic E-state index is 0.253. The van der Waals surface area contributed by atoms with Crippen molar-refractivity contribution < 1.29 is 5.11 Å². The molecule has 70 valence electrons. The highest BCUT2D eigenvalue weighted by Gasteiger charge is 2.22. The van der Waals surface area contributed by atoms with Crippen molar-refractivity contribution >= 4 is 5.69 Å². The number of nitrogens with one attached hydrogen (secondary N) is 1. The Morgan fingerprint density at radius 2 is 2.23 bits per heavy atom. The van der Waals surface area contributed by atoms with Crippen molar-refractivity contribution in [1.29, 1.82) is 0 Å². The van der Waals surface area contributed by atoms with Crippen molar-refractivity contribution in [2.24, 2.45) is 0 Å². The number of rotatable bonds is 1. The Labute approximate surface area is 78.6 Å². The van der Waals surface area contributed by atoms with Crippen LogP contribution in [0.5, 0.6) is 0 Å². The largest absolute Gasteiger partial charge is 0.396 e. The second kappa shape index (κ2) is 3.38. The Bertz CT molecular complexity index is 298. The average Bonchev–Trinajstić information content (AvgIpc) is 2.16. The highest BCUT2D eigenvalue weighted by Crippen LogP contribution is 2.33. The van der Waals surface area contributed by atoms with Gasteiger partial charge in [-0.2, -0.15) is 0 Å². The van der Waals surface area contributed by atoms with Crippen molar-refractivity contribution in [1.82, 2.24) is 0 Å². The van der Waals surface area contributed by atoms with E-state index in [-0.39, 0.29) is 6.61 Å². The van der Waals surface area contributed by atoms with E-state index in [1.165, 1.54) is 11.3 Å². The van der Waals surface area contributed by atoms with Gasteiger partial charge in [0.1, 0.15) is 0 Å². The molecule has 1 aliphatic rings. The van der Waals surface area contributed by atoms with Gasteiger partial charge in [0, 0.05) is 17.6 Å². The molecule has 2 rings (SSSR count). The van der Waals surface area contributed by atoms with Gasteiger partial charge in [-0.25, -0.2) is 0 Å². The normalized spacial score (nSPS) is 26.3. The molecule has 13 heavy (non-hydrogen) atoms. The van der Waals surface area contributed by atoms with Crippen molar-refractivity contribution in [2.45, 2.75) is 25.3 Å². The second-order valence-corrected chi connectivity index (χ2v) is 3.75. The summed E-state index contributed by atoms with van der Waals surface area (Å²) in [5.74, 6) is 0.312. The third kappa shape index (κ3) is 1.54. The zero-order valence-corrected chi connectivity index (χ0v) is 7.83. The van der Waals surface area contributed by atoms with Crippen LogP contribution in [0.25, 0.3) is 0 Å². The average molecular weight is 177 g/mol. The van der Waals surface area contributed by atoms with E-state index in [1.54, 1.807) is 0 Å². The van der Waals surface area contributed by atoms with E-state index >= 15 is 0 Å². The third-order valence-electron chi connectivity index (χ3n) is 2.66. The van der Waals surface area contributed by atoms with Gasteiger partial charge < -0.3 is 10.4 Å². The topological polar surface area (TPSA) is 32.3 Å². The molecule has 0 saturated heterocycles. The zero-order valence-electron chi connectivity index (χ0n) is 7.83. The summed E-state index contributed by atoms with van der Waals surface area (Å²) in [6.45, 7) is 2.40. The van der Waals surface area contributed by atoms with Gasteiger partial charge in [-0.3, -0.25) is 0 Å². The maximum absolute atomic E-state index is 9.23. The monoisotopic (exact) mass is 177 g/mol. The lowest BCUT2D eigenvalue weighted by Gasteiger charge is -2.30. The third-order valence-corrected chi connectivity index (χ3v) is 2.66. The molecule has 0 fully saturated rings. The van der Waals surface area contributed by atoms with Crippen LogP contribution in [0.4, 0.5) is 5.69 Å². The Morgan fingerprint density at radius 1 is 1.46 bits per heavy atom. The van der Waals surface area contributed by atoms with Gasteiger partial charge in [-0.05, 0) is 25.0 Å². The number of hydrogen-bond donors (Lipinski definition) is 2. The maximum Gasteiger partial charge on any atom is 0.0501 e. The number of hydrogen-bond acceptors (Lipinski definition) is 2. The van der Waals surface area contributed by atoms with Crippen LogP contribution in [0.2, 0.25) is 0 Å². The SMILES string of the molecule is C[C@H]1C[C@@H](CO)c2ccccc2N1. The molecular formula is C11H15NO. The van der Waals surface area contributed by atoms with Gasteiger partial charge in [-0.15, -0.1) is 0 Å². The molecule has 0 saturated carbocycles. The lowest BCUT2D eigenvalue weighted by atomic mass is 9.88. The van der Waals surface area contributed by atoms with Crippen molar-refractivity contribution in [2.75, 3.05) is 11.9 Å². The molecule has 0 bridgehead atoms. The summed E-state index contributed by atoms with van der Waals surface area (Å²) in [5, 5.41) is 12.6. The first-order chi connectivity index (χ1) is 6.31. The van der Waals surface area contributed by atoms with Gasteiger partial charge in [-0.1, -0.05) is 18.2 Å². The molecule has 0 unspecified atom stereocenters. The fraction of sp³-hybridized carbons (Fsp3) is 0.455. The smallest absolute Gasteiger partial charge is 0.0501 e. The molecule has 2 N–H and O–H groups in total. The van der Waals surface area contributed by atoms with E-state index in [0.29, 0.717) is 12.0 Å². The van der Waals surface area contributed by atoms with Gasteiger partial charge in [0.25, 0.3) is 0 Å². The van der Waals surface area contributed by atoms with Gasteiger partial charge in [0.05, 0.1) is 6.61 Å². The summed E-state index contributed by atoms with van der Waals surface area (Å²) >= 11 is 0. The van der Waals surface area contributed by atoms with Crippen LogP contribution >= 0.6 is 0 Å². The van der Waals surface area contributed by atoms with Crippen LogP contribution in [-0.2, 0) is 0 Å². The molecule has 2 nitrogen and oxygen atoms in total. The molecule has 0 aliphatic carbocycles. The van der Waals surface area contributed by atoms with Gasteiger partial charge >= 0.3 is 0 Å². The Morgan fingerprint density at radius 3 is 3.00 bits per heavy atom. The molecule has 0 radical (unpaired) electrons. The summed E-state index contributed by atoms with van der Waals surface area (Å²) in [5.41, 5.74) is 2.43. The predicted octanol–water partition coefficient (Wildman–Crippen LogP) is 1.97. The van der Waals surface area contributed by atoms with Crippen LogP contribution in [-0.4, -0.2) is 17.8 Å². The minimum Gasteiger partial charge on any atom is -0.396 e. The molecule has 1 heterocycles. The summed E-state index contributed by atoms with van der Waals surface area (Å²) < 4.78 is 0. The second-order valence-electron chi connectivity index (χ2n) is 3.75. The molecule has 0 amide bonds.